The van der Waals surface area contributed by atoms with E-state index in [1.54, 1.807) is 124 Å². The minimum absolute atomic E-state index is 0.0144. The smallest absolute Gasteiger partial charge is 0.454 e. The third-order valence-electron chi connectivity index (χ3n) is 13.8. The lowest BCUT2D eigenvalue weighted by molar-refractivity contribution is -0.307. The summed E-state index contributed by atoms with van der Waals surface area (Å²) >= 11 is 0. The molecule has 4 aromatic carbocycles. The summed E-state index contributed by atoms with van der Waals surface area (Å²) in [5.41, 5.74) is -1.95. The van der Waals surface area contributed by atoms with Crippen LogP contribution in [-0.4, -0.2) is 119 Å². The first-order chi connectivity index (χ1) is 39.9. The number of fused-ring (bicyclic) bond motifs is 1. The molecule has 0 radical (unpaired) electrons. The zero-order valence-electron chi connectivity index (χ0n) is 47.1. The van der Waals surface area contributed by atoms with Gasteiger partial charge in [-0.3, -0.25) is 33.9 Å². The van der Waals surface area contributed by atoms with Crippen LogP contribution in [0.15, 0.2) is 143 Å². The molecular weight excluding hydrogens is 1100 g/mol. The number of halogens is 3. The Balaban J connectivity index is 1.24. The lowest BCUT2D eigenvalue weighted by Crippen LogP contribution is -2.69. The molecule has 24 heteroatoms. The van der Waals surface area contributed by atoms with E-state index in [9.17, 15) is 46.7 Å². The number of benzene rings is 4. The molecule has 0 aliphatic carbocycles. The molecule has 5 aromatic rings. The van der Waals surface area contributed by atoms with Crippen LogP contribution in [0.5, 0.6) is 0 Å². The van der Waals surface area contributed by atoms with Crippen LogP contribution in [0.4, 0.5) is 18.0 Å². The summed E-state index contributed by atoms with van der Waals surface area (Å²) in [6, 6.07) is 31.1. The summed E-state index contributed by atoms with van der Waals surface area (Å²) in [5, 5.41) is 7.03. The van der Waals surface area contributed by atoms with Gasteiger partial charge in [0.2, 0.25) is 0 Å². The van der Waals surface area contributed by atoms with Gasteiger partial charge in [-0.15, -0.1) is 0 Å². The summed E-state index contributed by atoms with van der Waals surface area (Å²) in [6.07, 6.45) is -19.1. The van der Waals surface area contributed by atoms with Crippen molar-refractivity contribution in [3.63, 3.8) is 0 Å². The van der Waals surface area contributed by atoms with Gasteiger partial charge in [0.25, 0.3) is 11.5 Å². The average Bonchev–Trinajstić information content (AvgIpc) is 1.72. The number of aromatic nitrogens is 2. The van der Waals surface area contributed by atoms with Crippen LogP contribution in [0, 0.1) is 10.8 Å². The minimum Gasteiger partial charge on any atom is -0.454 e. The zero-order chi connectivity index (χ0) is 60.3. The second-order valence-corrected chi connectivity index (χ2v) is 22.5. The SMILES string of the molecule is CC(C)(C)C(=O)O[C@@H]1[C@@H]2O[C@H](COCc3ccccc3)[C@H](O[C@@H]3O[C@H](COCc4ccccc4)C[C@H](NC(=O)C(F)(F)F)[C@H]3OC(=O)C(C)(C)C)[C@@H](NC(=O)NC(=O)c3ccccc3)[C@H]2O[C@H]1n1ccc(=O)n(COCc2ccccc2)c1=O. The molecule has 3 saturated heterocycles. The molecule has 3 aliphatic heterocycles. The Morgan fingerprint density at radius 1 is 0.607 bits per heavy atom. The van der Waals surface area contributed by atoms with Gasteiger partial charge in [-0.25, -0.2) is 14.2 Å². The van der Waals surface area contributed by atoms with Crippen LogP contribution in [0.3, 0.4) is 0 Å². The highest BCUT2D eigenvalue weighted by Crippen LogP contribution is 2.42. The standard InChI is InChI=1S/C60H68F3N5O16/c1-58(2,3)54(72)83-45-41(64-53(71)60(61,62)63)29-40(33-76-30-36-19-11-7-12-20-36)79-52(45)82-46-42(34-77-31-37-21-13-8-14-22-37)80-48-47(44(46)65-56(74)66-50(70)39-25-17-10-18-26-39)81-51(49(48)84-55(73)59(4,5)6)67-28-27-43(69)68(57(67)75)35-78-32-38-23-15-9-16-24-38/h7-28,40-42,44-49,51-52H,29-35H2,1-6H3,(H,64,71)(H2,65,66,70,74)/t40-,41-,42+,44+,45+,46-,47+,48+,49+,51+,52-/m0/s1. The summed E-state index contributed by atoms with van der Waals surface area (Å²) in [4.78, 5) is 97.2. The Bertz CT molecular complexity index is 3160. The summed E-state index contributed by atoms with van der Waals surface area (Å²) in [5.74, 6) is -4.95. The number of alkyl halides is 3. The Kier molecular flexibility index (Phi) is 20.4. The molecule has 0 saturated carbocycles. The van der Waals surface area contributed by atoms with E-state index in [-0.39, 0.29) is 32.0 Å². The predicted octanol–water partition coefficient (Wildman–Crippen LogP) is 6.25. The van der Waals surface area contributed by atoms with Gasteiger partial charge in [-0.05, 0) is 76.8 Å². The lowest BCUT2D eigenvalue weighted by Gasteiger charge is -2.48. The molecule has 8 rings (SSSR count). The number of carbonyl (C=O) groups is 5. The Morgan fingerprint density at radius 3 is 1.68 bits per heavy atom. The fraction of sp³-hybridized carbons (Fsp3) is 0.450. The summed E-state index contributed by atoms with van der Waals surface area (Å²) in [6.45, 7) is 7.95. The first-order valence-electron chi connectivity index (χ1n) is 27.2. The first-order valence-corrected chi connectivity index (χ1v) is 27.2. The maximum absolute atomic E-state index is 14.6. The maximum Gasteiger partial charge on any atom is 0.471 e. The minimum atomic E-state index is -5.41. The third kappa shape index (κ3) is 16.2. The second kappa shape index (κ2) is 27.4. The quantitative estimate of drug-likeness (QED) is 0.0729. The van der Waals surface area contributed by atoms with Gasteiger partial charge in [-0.2, -0.15) is 13.2 Å². The molecule has 3 aliphatic rings. The predicted molar refractivity (Wildman–Crippen MR) is 292 cm³/mol. The Hall–Kier alpha value is -7.58. The van der Waals surface area contributed by atoms with E-state index >= 15 is 0 Å². The van der Waals surface area contributed by atoms with Crippen molar-refractivity contribution in [3.8, 4) is 0 Å². The van der Waals surface area contributed by atoms with Gasteiger partial charge >= 0.3 is 35.7 Å². The van der Waals surface area contributed by atoms with E-state index in [0.29, 0.717) is 5.56 Å². The van der Waals surface area contributed by atoms with Gasteiger partial charge < -0.3 is 53.3 Å². The molecule has 450 valence electrons. The van der Waals surface area contributed by atoms with Gasteiger partial charge in [0.1, 0.15) is 31.1 Å². The Labute approximate surface area is 481 Å². The van der Waals surface area contributed by atoms with Crippen LogP contribution in [0.25, 0.3) is 0 Å². The number of ether oxygens (including phenoxy) is 9. The van der Waals surface area contributed by atoms with Crippen LogP contribution in [-0.2, 0) is 83.6 Å². The van der Waals surface area contributed by atoms with Crippen LogP contribution in [0.2, 0.25) is 0 Å². The highest BCUT2D eigenvalue weighted by Gasteiger charge is 2.61. The molecular formula is C60H68F3N5O16. The van der Waals surface area contributed by atoms with E-state index < -0.39 is 145 Å². The number of nitrogens with zero attached hydrogens (tertiary/aromatic N) is 2. The van der Waals surface area contributed by atoms with Gasteiger partial charge in [-0.1, -0.05) is 109 Å². The number of carbonyl (C=O) groups excluding carboxylic acids is 5. The maximum atomic E-state index is 14.6. The van der Waals surface area contributed by atoms with Crippen molar-refractivity contribution >= 4 is 29.8 Å². The largest absolute Gasteiger partial charge is 0.471 e. The number of amides is 4. The molecule has 4 heterocycles. The fourth-order valence-corrected chi connectivity index (χ4v) is 9.43. The highest BCUT2D eigenvalue weighted by atomic mass is 19.4. The van der Waals surface area contributed by atoms with Crippen molar-refractivity contribution in [2.75, 3.05) is 13.2 Å². The summed E-state index contributed by atoms with van der Waals surface area (Å²) < 4.78 is 102. The normalized spacial score (nSPS) is 24.3. The summed E-state index contributed by atoms with van der Waals surface area (Å²) in [7, 11) is 0. The van der Waals surface area contributed by atoms with Crippen molar-refractivity contribution in [2.24, 2.45) is 10.8 Å². The average molecular weight is 1170 g/mol. The highest BCUT2D eigenvalue weighted by molar-refractivity contribution is 6.04. The number of rotatable bonds is 20. The molecule has 0 unspecified atom stereocenters. The van der Waals surface area contributed by atoms with Gasteiger partial charge in [0, 0.05) is 17.8 Å². The molecule has 3 fully saturated rings. The monoisotopic (exact) mass is 1170 g/mol. The number of urea groups is 1. The molecule has 1 aromatic heterocycles. The van der Waals surface area contributed by atoms with E-state index in [1.165, 1.54) is 32.9 Å². The number of hydrogen-bond donors (Lipinski definition) is 3. The Morgan fingerprint density at radius 2 is 1.13 bits per heavy atom. The van der Waals surface area contributed by atoms with E-state index in [4.69, 9.17) is 42.6 Å². The van der Waals surface area contributed by atoms with Crippen molar-refractivity contribution < 1.29 is 79.8 Å². The molecule has 84 heavy (non-hydrogen) atoms. The lowest BCUT2D eigenvalue weighted by atomic mass is 9.90. The van der Waals surface area contributed by atoms with E-state index in [1.807, 2.05) is 11.4 Å². The van der Waals surface area contributed by atoms with Crippen molar-refractivity contribution in [1.29, 1.82) is 0 Å². The van der Waals surface area contributed by atoms with Crippen LogP contribution in [0.1, 0.15) is 81.2 Å². The van der Waals surface area contributed by atoms with Gasteiger partial charge in [0.15, 0.2) is 24.7 Å². The van der Waals surface area contributed by atoms with Crippen LogP contribution < -0.4 is 27.2 Å². The fourth-order valence-electron chi connectivity index (χ4n) is 9.43. The van der Waals surface area contributed by atoms with E-state index in [0.717, 1.165) is 32.5 Å². The van der Waals surface area contributed by atoms with Crippen LogP contribution >= 0.6 is 0 Å². The second-order valence-electron chi connectivity index (χ2n) is 22.5. The number of esters is 2. The molecule has 3 N–H and O–H groups in total. The number of nitrogens with one attached hydrogen (secondary N) is 3. The van der Waals surface area contributed by atoms with Crippen molar-refractivity contribution in [1.82, 2.24) is 25.1 Å². The topological polar surface area (TPSA) is 249 Å². The first kappa shape index (κ1) is 62.5. The van der Waals surface area contributed by atoms with E-state index in [2.05, 4.69) is 10.6 Å². The number of hydrogen-bond acceptors (Lipinski definition) is 16. The molecule has 0 bridgehead atoms. The van der Waals surface area contributed by atoms with Crippen molar-refractivity contribution in [2.45, 2.75) is 148 Å². The molecule has 4 amide bonds. The molecule has 0 spiro atoms. The van der Waals surface area contributed by atoms with Gasteiger partial charge in [0.05, 0.1) is 62.1 Å². The third-order valence-corrected chi connectivity index (χ3v) is 13.8. The van der Waals surface area contributed by atoms with Crippen molar-refractivity contribution in [3.05, 3.63) is 177 Å². The zero-order valence-corrected chi connectivity index (χ0v) is 47.1. The molecule has 21 nitrogen and oxygen atoms in total. The molecule has 11 atom stereocenters. The number of imide groups is 1.